The third-order valence-corrected chi connectivity index (χ3v) is 4.32. The number of carbonyl (C=O) groups excluding carboxylic acids is 1. The summed E-state index contributed by atoms with van der Waals surface area (Å²) in [6, 6.07) is 0.542. The van der Waals surface area contributed by atoms with E-state index in [1.807, 2.05) is 0 Å². The van der Waals surface area contributed by atoms with Crippen LogP contribution in [0.3, 0.4) is 0 Å². The monoisotopic (exact) mass is 268 g/mol. The molecule has 1 aromatic heterocycles. The summed E-state index contributed by atoms with van der Waals surface area (Å²) in [5, 5.41) is 17.7. The summed E-state index contributed by atoms with van der Waals surface area (Å²) in [5.41, 5.74) is 0. The van der Waals surface area contributed by atoms with E-state index in [2.05, 4.69) is 14.8 Å². The molecule has 0 aromatic carbocycles. The van der Waals surface area contributed by atoms with Crippen LogP contribution < -0.4 is 0 Å². The fraction of sp³-hybridized carbons (Fsp3) is 0.727. The number of thioether (sulfide) groups is 1. The van der Waals surface area contributed by atoms with Crippen molar-refractivity contribution < 1.29 is 9.90 Å². The Morgan fingerprint density at radius 2 is 2.28 bits per heavy atom. The van der Waals surface area contributed by atoms with Gasteiger partial charge in [-0.25, -0.2) is 0 Å². The lowest BCUT2D eigenvalue weighted by atomic mass is 10.0. The molecule has 2 fully saturated rings. The molecule has 1 aromatic rings. The zero-order valence-corrected chi connectivity index (χ0v) is 10.8. The maximum Gasteiger partial charge on any atom is 0.233 e. The van der Waals surface area contributed by atoms with Crippen LogP contribution in [0.5, 0.6) is 0 Å². The number of carbonyl (C=O) groups is 1. The lowest BCUT2D eigenvalue weighted by Crippen LogP contribution is -2.52. The van der Waals surface area contributed by atoms with Crippen molar-refractivity contribution in [3.63, 3.8) is 0 Å². The highest BCUT2D eigenvalue weighted by Crippen LogP contribution is 2.37. The third kappa shape index (κ3) is 2.37. The van der Waals surface area contributed by atoms with Crippen molar-refractivity contribution in [2.75, 3.05) is 25.4 Å². The maximum absolute atomic E-state index is 11.8. The van der Waals surface area contributed by atoms with Gasteiger partial charge in [0, 0.05) is 31.7 Å². The van der Waals surface area contributed by atoms with E-state index in [1.54, 1.807) is 11.2 Å². The molecular weight excluding hydrogens is 252 g/mol. The van der Waals surface area contributed by atoms with Gasteiger partial charge in [-0.15, -0.1) is 10.2 Å². The highest BCUT2D eigenvalue weighted by atomic mass is 32.2. The lowest BCUT2D eigenvalue weighted by molar-refractivity contribution is -0.135. The van der Waals surface area contributed by atoms with Crippen LogP contribution in [0.25, 0.3) is 0 Å². The van der Waals surface area contributed by atoms with E-state index in [-0.39, 0.29) is 18.4 Å². The fourth-order valence-electron chi connectivity index (χ4n) is 2.05. The number of hydrogen-bond acceptors (Lipinski definition) is 5. The predicted molar refractivity (Wildman–Crippen MR) is 66.2 cm³/mol. The highest BCUT2D eigenvalue weighted by Gasteiger charge is 2.30. The Hall–Kier alpha value is -1.08. The molecule has 6 nitrogen and oxygen atoms in total. The van der Waals surface area contributed by atoms with Crippen LogP contribution in [0.1, 0.15) is 18.9 Å². The second-order valence-corrected chi connectivity index (χ2v) is 5.83. The average molecular weight is 268 g/mol. The van der Waals surface area contributed by atoms with E-state index in [1.165, 1.54) is 24.6 Å². The van der Waals surface area contributed by atoms with Gasteiger partial charge >= 0.3 is 0 Å². The van der Waals surface area contributed by atoms with Gasteiger partial charge in [0.05, 0.1) is 5.75 Å². The van der Waals surface area contributed by atoms with Gasteiger partial charge < -0.3 is 14.6 Å². The zero-order valence-electron chi connectivity index (χ0n) is 10.0. The summed E-state index contributed by atoms with van der Waals surface area (Å²) >= 11 is 1.45. The summed E-state index contributed by atoms with van der Waals surface area (Å²) < 4.78 is 2.06. The van der Waals surface area contributed by atoms with Crippen molar-refractivity contribution >= 4 is 17.7 Å². The van der Waals surface area contributed by atoms with Gasteiger partial charge in [0.2, 0.25) is 5.91 Å². The van der Waals surface area contributed by atoms with Gasteiger partial charge in [-0.2, -0.15) is 0 Å². The van der Waals surface area contributed by atoms with E-state index >= 15 is 0 Å². The SMILES string of the molecule is O=C(CSc1nncn1C1CC1)N1CC(CO)C1. The molecule has 2 aliphatic rings. The smallest absolute Gasteiger partial charge is 0.233 e. The number of aliphatic hydroxyl groups excluding tert-OH is 1. The Morgan fingerprint density at radius 3 is 2.94 bits per heavy atom. The Morgan fingerprint density at radius 1 is 1.50 bits per heavy atom. The Kier molecular flexibility index (Phi) is 3.25. The van der Waals surface area contributed by atoms with Crippen LogP contribution in [0.15, 0.2) is 11.5 Å². The van der Waals surface area contributed by atoms with E-state index in [0.717, 1.165) is 5.16 Å². The summed E-state index contributed by atoms with van der Waals surface area (Å²) in [5.74, 6) is 0.799. The molecule has 0 radical (unpaired) electrons. The Balaban J connectivity index is 1.49. The normalized spacial score (nSPS) is 19.9. The van der Waals surface area contributed by atoms with Crippen molar-refractivity contribution in [3.8, 4) is 0 Å². The van der Waals surface area contributed by atoms with E-state index in [0.29, 0.717) is 24.9 Å². The van der Waals surface area contributed by atoms with Crippen molar-refractivity contribution in [1.82, 2.24) is 19.7 Å². The molecule has 2 heterocycles. The Bertz CT molecular complexity index is 440. The zero-order chi connectivity index (χ0) is 12.5. The van der Waals surface area contributed by atoms with Gasteiger partial charge in [0.25, 0.3) is 0 Å². The molecule has 18 heavy (non-hydrogen) atoms. The van der Waals surface area contributed by atoms with Crippen LogP contribution in [0.4, 0.5) is 0 Å². The largest absolute Gasteiger partial charge is 0.396 e. The number of likely N-dealkylation sites (tertiary alicyclic amines) is 1. The summed E-state index contributed by atoms with van der Waals surface area (Å²) in [6.07, 6.45) is 4.11. The van der Waals surface area contributed by atoms with Crippen molar-refractivity contribution in [3.05, 3.63) is 6.33 Å². The van der Waals surface area contributed by atoms with Crippen molar-refractivity contribution in [2.45, 2.75) is 24.0 Å². The van der Waals surface area contributed by atoms with Gasteiger partial charge in [-0.1, -0.05) is 11.8 Å². The number of rotatable bonds is 5. The molecule has 98 valence electrons. The standard InChI is InChI=1S/C11H16N4O2S/c16-5-8-3-14(4-8)10(17)6-18-11-13-12-7-15(11)9-1-2-9/h7-9,16H,1-6H2. The fourth-order valence-corrected chi connectivity index (χ4v) is 2.93. The molecule has 1 amide bonds. The first-order chi connectivity index (χ1) is 8.78. The average Bonchev–Trinajstić information content (AvgIpc) is 3.04. The number of amides is 1. The van der Waals surface area contributed by atoms with Crippen LogP contribution in [0.2, 0.25) is 0 Å². The second-order valence-electron chi connectivity index (χ2n) is 4.89. The summed E-state index contributed by atoms with van der Waals surface area (Å²) in [4.78, 5) is 13.6. The second kappa shape index (κ2) is 4.89. The van der Waals surface area contributed by atoms with Gasteiger partial charge in [0.15, 0.2) is 5.16 Å². The number of aromatic nitrogens is 3. The van der Waals surface area contributed by atoms with Crippen LogP contribution >= 0.6 is 11.8 Å². The maximum atomic E-state index is 11.8. The summed E-state index contributed by atoms with van der Waals surface area (Å²) in [6.45, 7) is 1.54. The van der Waals surface area contributed by atoms with Crippen molar-refractivity contribution in [2.24, 2.45) is 5.92 Å². The van der Waals surface area contributed by atoms with Crippen LogP contribution in [-0.4, -0.2) is 56.1 Å². The molecule has 7 heteroatoms. The molecule has 0 spiro atoms. The minimum atomic E-state index is 0.120. The molecular formula is C11H16N4O2S. The van der Waals surface area contributed by atoms with E-state index in [9.17, 15) is 4.79 Å². The first kappa shape index (κ1) is 12.0. The number of hydrogen-bond donors (Lipinski definition) is 1. The van der Waals surface area contributed by atoms with Crippen molar-refractivity contribution in [1.29, 1.82) is 0 Å². The molecule has 0 unspecified atom stereocenters. The van der Waals surface area contributed by atoms with Gasteiger partial charge in [-0.3, -0.25) is 4.79 Å². The van der Waals surface area contributed by atoms with Gasteiger partial charge in [0.1, 0.15) is 6.33 Å². The number of nitrogens with zero attached hydrogens (tertiary/aromatic N) is 4. The van der Waals surface area contributed by atoms with E-state index in [4.69, 9.17) is 5.11 Å². The van der Waals surface area contributed by atoms with E-state index < -0.39 is 0 Å². The lowest BCUT2D eigenvalue weighted by Gasteiger charge is -2.38. The topological polar surface area (TPSA) is 71.2 Å². The Labute approximate surface area is 109 Å². The summed E-state index contributed by atoms with van der Waals surface area (Å²) in [7, 11) is 0. The molecule has 1 saturated heterocycles. The molecule has 1 aliphatic heterocycles. The first-order valence-corrected chi connectivity index (χ1v) is 7.17. The molecule has 1 N–H and O–H groups in total. The first-order valence-electron chi connectivity index (χ1n) is 6.19. The molecule has 1 aliphatic carbocycles. The highest BCUT2D eigenvalue weighted by molar-refractivity contribution is 7.99. The molecule has 0 atom stereocenters. The molecule has 0 bridgehead atoms. The minimum absolute atomic E-state index is 0.120. The van der Waals surface area contributed by atoms with Crippen LogP contribution in [0, 0.1) is 5.92 Å². The molecule has 1 saturated carbocycles. The molecule has 3 rings (SSSR count). The van der Waals surface area contributed by atoms with Crippen LogP contribution in [-0.2, 0) is 4.79 Å². The predicted octanol–water partition coefficient (Wildman–Crippen LogP) is 0.156. The quantitative estimate of drug-likeness (QED) is 0.770. The third-order valence-electron chi connectivity index (χ3n) is 3.37. The minimum Gasteiger partial charge on any atom is -0.396 e. The number of aliphatic hydroxyl groups is 1. The van der Waals surface area contributed by atoms with Gasteiger partial charge in [-0.05, 0) is 12.8 Å².